The number of rotatable bonds is 0. The zero-order valence-electron chi connectivity index (χ0n) is 6.99. The van der Waals surface area contributed by atoms with Crippen LogP contribution in [0.1, 0.15) is 13.3 Å². The summed E-state index contributed by atoms with van der Waals surface area (Å²) in [6.07, 6.45) is 4.41. The number of hydrogen-bond acceptors (Lipinski definition) is 3. The number of cyclic esters (lactones) is 1. The number of aliphatic hydroxyl groups is 1. The molecule has 1 fully saturated rings. The maximum absolute atomic E-state index is 11.2. The SMILES string of the molecule is C[C@H]1C=C[C@H]2COC(=O)[C@@]2(O)C1. The number of esters is 1. The monoisotopic (exact) mass is 168 g/mol. The van der Waals surface area contributed by atoms with Crippen LogP contribution in [-0.2, 0) is 9.53 Å². The molecule has 0 saturated carbocycles. The summed E-state index contributed by atoms with van der Waals surface area (Å²) < 4.78 is 4.81. The third kappa shape index (κ3) is 0.894. The molecule has 0 aromatic heterocycles. The van der Waals surface area contributed by atoms with Crippen molar-refractivity contribution in [2.24, 2.45) is 11.8 Å². The first-order valence-corrected chi connectivity index (χ1v) is 4.21. The fourth-order valence-electron chi connectivity index (χ4n) is 1.91. The largest absolute Gasteiger partial charge is 0.463 e. The van der Waals surface area contributed by atoms with Crippen molar-refractivity contribution >= 4 is 5.97 Å². The normalized spacial score (nSPS) is 45.7. The minimum absolute atomic E-state index is 0.124. The summed E-state index contributed by atoms with van der Waals surface area (Å²) in [6.45, 7) is 2.31. The standard InChI is InChI=1S/C9H12O3/c1-6-2-3-7-5-12-8(10)9(7,11)4-6/h2-3,6-7,11H,4-5H2,1H3/t6-,7-,9+/m0/s1. The number of allylic oxidation sites excluding steroid dienone is 1. The third-order valence-corrected chi connectivity index (χ3v) is 2.67. The summed E-state index contributed by atoms with van der Waals surface area (Å²) in [5.41, 5.74) is -1.23. The number of carbonyl (C=O) groups is 1. The molecule has 1 aliphatic heterocycles. The zero-order valence-corrected chi connectivity index (χ0v) is 6.99. The van der Waals surface area contributed by atoms with Gasteiger partial charge in [-0.3, -0.25) is 0 Å². The molecule has 3 nitrogen and oxygen atoms in total. The van der Waals surface area contributed by atoms with Gasteiger partial charge in [0, 0.05) is 0 Å². The Bertz CT molecular complexity index is 246. The lowest BCUT2D eigenvalue weighted by Gasteiger charge is -2.29. The molecule has 0 amide bonds. The molecule has 0 aromatic rings. The average Bonchev–Trinajstić information content (AvgIpc) is 2.28. The van der Waals surface area contributed by atoms with Gasteiger partial charge in [-0.2, -0.15) is 0 Å². The van der Waals surface area contributed by atoms with E-state index in [1.54, 1.807) is 0 Å². The lowest BCUT2D eigenvalue weighted by atomic mass is 9.78. The Morgan fingerprint density at radius 1 is 1.67 bits per heavy atom. The summed E-state index contributed by atoms with van der Waals surface area (Å²) in [7, 11) is 0. The van der Waals surface area contributed by atoms with E-state index < -0.39 is 11.6 Å². The van der Waals surface area contributed by atoms with E-state index in [4.69, 9.17) is 4.74 Å². The lowest BCUT2D eigenvalue weighted by molar-refractivity contribution is -0.155. The van der Waals surface area contributed by atoms with Crippen LogP contribution in [0.15, 0.2) is 12.2 Å². The average molecular weight is 168 g/mol. The highest BCUT2D eigenvalue weighted by molar-refractivity contribution is 5.82. The molecule has 0 unspecified atom stereocenters. The molecular formula is C9H12O3. The van der Waals surface area contributed by atoms with Gasteiger partial charge in [-0.1, -0.05) is 19.1 Å². The summed E-state index contributed by atoms with van der Waals surface area (Å²) in [4.78, 5) is 11.2. The Morgan fingerprint density at radius 2 is 2.42 bits per heavy atom. The van der Waals surface area contributed by atoms with Crippen LogP contribution in [0.5, 0.6) is 0 Å². The smallest absolute Gasteiger partial charge is 0.338 e. The predicted molar refractivity (Wildman–Crippen MR) is 42.3 cm³/mol. The molecular weight excluding hydrogens is 156 g/mol. The second-order valence-electron chi connectivity index (χ2n) is 3.70. The van der Waals surface area contributed by atoms with Crippen molar-refractivity contribution in [1.82, 2.24) is 0 Å². The highest BCUT2D eigenvalue weighted by Gasteiger charge is 2.51. The molecule has 1 aliphatic carbocycles. The van der Waals surface area contributed by atoms with Crippen LogP contribution in [0.4, 0.5) is 0 Å². The second kappa shape index (κ2) is 2.33. The van der Waals surface area contributed by atoms with E-state index in [9.17, 15) is 9.90 Å². The number of hydrogen-bond donors (Lipinski definition) is 1. The van der Waals surface area contributed by atoms with Crippen molar-refractivity contribution < 1.29 is 14.6 Å². The Kier molecular flexibility index (Phi) is 1.51. The predicted octanol–water partition coefficient (Wildman–Crippen LogP) is 0.486. The van der Waals surface area contributed by atoms with Gasteiger partial charge in [-0.25, -0.2) is 4.79 Å². The first-order valence-electron chi connectivity index (χ1n) is 4.21. The van der Waals surface area contributed by atoms with Crippen LogP contribution in [0.25, 0.3) is 0 Å². The maximum atomic E-state index is 11.2. The summed E-state index contributed by atoms with van der Waals surface area (Å²) in [5, 5.41) is 9.92. The van der Waals surface area contributed by atoms with E-state index in [1.165, 1.54) is 0 Å². The molecule has 2 rings (SSSR count). The van der Waals surface area contributed by atoms with Crippen molar-refractivity contribution in [1.29, 1.82) is 0 Å². The number of ether oxygens (including phenoxy) is 1. The van der Waals surface area contributed by atoms with Gasteiger partial charge in [0.15, 0.2) is 5.60 Å². The van der Waals surface area contributed by atoms with E-state index in [1.807, 2.05) is 19.1 Å². The molecule has 0 aromatic carbocycles. The summed E-state index contributed by atoms with van der Waals surface area (Å²) in [5.74, 6) is -0.318. The summed E-state index contributed by atoms with van der Waals surface area (Å²) >= 11 is 0. The molecule has 0 radical (unpaired) electrons. The van der Waals surface area contributed by atoms with Crippen LogP contribution < -0.4 is 0 Å². The van der Waals surface area contributed by atoms with Gasteiger partial charge in [0.25, 0.3) is 0 Å². The highest BCUT2D eigenvalue weighted by atomic mass is 16.6. The number of fused-ring (bicyclic) bond motifs is 1. The summed E-state index contributed by atoms with van der Waals surface area (Å²) in [6, 6.07) is 0. The Labute approximate surface area is 71.0 Å². The van der Waals surface area contributed by atoms with Crippen molar-refractivity contribution in [2.75, 3.05) is 6.61 Å². The first-order chi connectivity index (χ1) is 5.63. The van der Waals surface area contributed by atoms with Crippen LogP contribution in [0.2, 0.25) is 0 Å². The minimum atomic E-state index is -1.23. The van der Waals surface area contributed by atoms with Gasteiger partial charge in [0.05, 0.1) is 5.92 Å². The van der Waals surface area contributed by atoms with E-state index in [2.05, 4.69) is 0 Å². The lowest BCUT2D eigenvalue weighted by Crippen LogP contribution is -2.43. The van der Waals surface area contributed by atoms with Crippen LogP contribution in [0, 0.1) is 11.8 Å². The molecule has 3 atom stereocenters. The Hall–Kier alpha value is -0.830. The molecule has 66 valence electrons. The topological polar surface area (TPSA) is 46.5 Å². The third-order valence-electron chi connectivity index (χ3n) is 2.67. The van der Waals surface area contributed by atoms with Gasteiger partial charge in [-0.15, -0.1) is 0 Å². The van der Waals surface area contributed by atoms with Crippen LogP contribution >= 0.6 is 0 Å². The first kappa shape index (κ1) is 7.80. The van der Waals surface area contributed by atoms with Gasteiger partial charge in [0.1, 0.15) is 6.61 Å². The van der Waals surface area contributed by atoms with Crippen LogP contribution in [-0.4, -0.2) is 23.3 Å². The molecule has 0 spiro atoms. The van der Waals surface area contributed by atoms with Crippen molar-refractivity contribution in [3.05, 3.63) is 12.2 Å². The fourth-order valence-corrected chi connectivity index (χ4v) is 1.91. The fraction of sp³-hybridized carbons (Fsp3) is 0.667. The van der Waals surface area contributed by atoms with Gasteiger partial charge >= 0.3 is 5.97 Å². The number of carbonyl (C=O) groups excluding carboxylic acids is 1. The van der Waals surface area contributed by atoms with E-state index in [0.717, 1.165) is 0 Å². The zero-order chi connectivity index (χ0) is 8.77. The molecule has 1 saturated heterocycles. The van der Waals surface area contributed by atoms with E-state index in [0.29, 0.717) is 13.0 Å². The molecule has 1 heterocycles. The Balaban J connectivity index is 2.32. The molecule has 12 heavy (non-hydrogen) atoms. The van der Waals surface area contributed by atoms with Crippen molar-refractivity contribution in [2.45, 2.75) is 18.9 Å². The van der Waals surface area contributed by atoms with E-state index >= 15 is 0 Å². The quantitative estimate of drug-likeness (QED) is 0.423. The Morgan fingerprint density at radius 3 is 3.17 bits per heavy atom. The van der Waals surface area contributed by atoms with Gasteiger partial charge < -0.3 is 9.84 Å². The minimum Gasteiger partial charge on any atom is -0.463 e. The highest BCUT2D eigenvalue weighted by Crippen LogP contribution is 2.37. The second-order valence-corrected chi connectivity index (χ2v) is 3.70. The van der Waals surface area contributed by atoms with Gasteiger partial charge in [-0.05, 0) is 12.3 Å². The van der Waals surface area contributed by atoms with E-state index in [-0.39, 0.29) is 11.8 Å². The molecule has 0 bridgehead atoms. The van der Waals surface area contributed by atoms with Crippen LogP contribution in [0.3, 0.4) is 0 Å². The van der Waals surface area contributed by atoms with Crippen molar-refractivity contribution in [3.63, 3.8) is 0 Å². The molecule has 1 N–H and O–H groups in total. The van der Waals surface area contributed by atoms with Crippen molar-refractivity contribution in [3.8, 4) is 0 Å². The van der Waals surface area contributed by atoms with Gasteiger partial charge in [0.2, 0.25) is 0 Å². The molecule has 2 aliphatic rings. The molecule has 3 heteroatoms. The maximum Gasteiger partial charge on any atom is 0.338 e.